The number of benzene rings is 2. The lowest BCUT2D eigenvalue weighted by molar-refractivity contribution is 0.171. The number of fused-ring (bicyclic) bond motifs is 1. The average molecular weight is 303 g/mol. The minimum Gasteiger partial charge on any atom is -0.486 e. The van der Waals surface area contributed by atoms with Crippen LogP contribution in [0.15, 0.2) is 41.3 Å². The minimum absolute atomic E-state index is 0.441. The van der Waals surface area contributed by atoms with Crippen molar-refractivity contribution in [3.63, 3.8) is 0 Å². The van der Waals surface area contributed by atoms with E-state index in [0.29, 0.717) is 30.5 Å². The van der Waals surface area contributed by atoms with Crippen LogP contribution in [0, 0.1) is 6.92 Å². The second-order valence-corrected chi connectivity index (χ2v) is 6.38. The molecule has 1 unspecified atom stereocenters. The molecule has 110 valence electrons. The number of rotatable bonds is 3. The van der Waals surface area contributed by atoms with Crippen molar-refractivity contribution in [3.05, 3.63) is 47.5 Å². The zero-order valence-electron chi connectivity index (χ0n) is 11.8. The van der Waals surface area contributed by atoms with Crippen molar-refractivity contribution in [2.45, 2.75) is 17.6 Å². The van der Waals surface area contributed by atoms with E-state index in [-0.39, 0.29) is 0 Å². The van der Waals surface area contributed by atoms with Crippen molar-refractivity contribution in [3.8, 4) is 11.5 Å². The minimum atomic E-state index is -1.14. The molecule has 1 aliphatic rings. The van der Waals surface area contributed by atoms with E-state index in [2.05, 4.69) is 0 Å². The van der Waals surface area contributed by atoms with Gasteiger partial charge in [-0.1, -0.05) is 12.1 Å². The molecule has 0 aromatic heterocycles. The first-order valence-corrected chi connectivity index (χ1v) is 8.09. The highest BCUT2D eigenvalue weighted by Gasteiger charge is 2.15. The Balaban J connectivity index is 1.84. The molecule has 0 spiro atoms. The molecular formula is C16H17NO3S. The fourth-order valence-electron chi connectivity index (χ4n) is 2.25. The van der Waals surface area contributed by atoms with Crippen LogP contribution in [0.2, 0.25) is 0 Å². The van der Waals surface area contributed by atoms with E-state index in [1.54, 1.807) is 6.07 Å². The van der Waals surface area contributed by atoms with Gasteiger partial charge in [-0.15, -0.1) is 0 Å². The van der Waals surface area contributed by atoms with Crippen LogP contribution < -0.4 is 15.2 Å². The monoisotopic (exact) mass is 303 g/mol. The van der Waals surface area contributed by atoms with Gasteiger partial charge >= 0.3 is 0 Å². The highest BCUT2D eigenvalue weighted by atomic mass is 32.2. The fraction of sp³-hybridized carbons (Fsp3) is 0.250. The van der Waals surface area contributed by atoms with Crippen molar-refractivity contribution >= 4 is 16.5 Å². The molecule has 5 heteroatoms. The summed E-state index contributed by atoms with van der Waals surface area (Å²) in [6.45, 7) is 3.03. The van der Waals surface area contributed by atoms with Gasteiger partial charge in [0.2, 0.25) is 0 Å². The Morgan fingerprint density at radius 3 is 2.71 bits per heavy atom. The van der Waals surface area contributed by atoms with Crippen molar-refractivity contribution < 1.29 is 13.7 Å². The zero-order valence-corrected chi connectivity index (χ0v) is 12.6. The Morgan fingerprint density at radius 1 is 1.14 bits per heavy atom. The number of ether oxygens (including phenoxy) is 2. The summed E-state index contributed by atoms with van der Waals surface area (Å²) in [6, 6.07) is 11.1. The van der Waals surface area contributed by atoms with E-state index in [4.69, 9.17) is 15.2 Å². The molecule has 1 aliphatic heterocycles. The standard InChI is InChI=1S/C16H17NO3S/c1-11-12(3-2-4-14(11)17)10-21(18)13-5-6-15-16(9-13)20-8-7-19-15/h2-6,9H,7-8,10,17H2,1H3. The topological polar surface area (TPSA) is 61.6 Å². The predicted molar refractivity (Wildman–Crippen MR) is 83.1 cm³/mol. The van der Waals surface area contributed by atoms with Crippen molar-refractivity contribution in [1.29, 1.82) is 0 Å². The molecule has 0 fully saturated rings. The van der Waals surface area contributed by atoms with Crippen molar-refractivity contribution in [1.82, 2.24) is 0 Å². The van der Waals surface area contributed by atoms with Crippen molar-refractivity contribution in [2.24, 2.45) is 0 Å². The summed E-state index contributed by atoms with van der Waals surface area (Å²) in [5.41, 5.74) is 8.61. The van der Waals surface area contributed by atoms with Gasteiger partial charge in [0.1, 0.15) is 13.2 Å². The lowest BCUT2D eigenvalue weighted by atomic mass is 10.1. The lowest BCUT2D eigenvalue weighted by Gasteiger charge is -2.18. The average Bonchev–Trinajstić information content (AvgIpc) is 2.51. The van der Waals surface area contributed by atoms with Gasteiger partial charge in [-0.2, -0.15) is 0 Å². The summed E-state index contributed by atoms with van der Waals surface area (Å²) < 4.78 is 23.5. The van der Waals surface area contributed by atoms with Gasteiger partial charge in [-0.3, -0.25) is 4.21 Å². The van der Waals surface area contributed by atoms with Gasteiger partial charge < -0.3 is 15.2 Å². The summed E-state index contributed by atoms with van der Waals surface area (Å²) in [5, 5.41) is 0. The lowest BCUT2D eigenvalue weighted by Crippen LogP contribution is -2.15. The number of anilines is 1. The molecule has 1 heterocycles. The molecule has 1 atom stereocenters. The van der Waals surface area contributed by atoms with Crippen LogP contribution in [0.4, 0.5) is 5.69 Å². The smallest absolute Gasteiger partial charge is 0.162 e. The van der Waals surface area contributed by atoms with Crippen LogP contribution in [0.25, 0.3) is 0 Å². The third-order valence-electron chi connectivity index (χ3n) is 3.55. The first-order valence-electron chi connectivity index (χ1n) is 6.77. The molecule has 3 rings (SSSR count). The molecule has 21 heavy (non-hydrogen) atoms. The molecule has 0 radical (unpaired) electrons. The number of nitrogen functional groups attached to an aromatic ring is 1. The zero-order chi connectivity index (χ0) is 14.8. The second kappa shape index (κ2) is 5.77. The van der Waals surface area contributed by atoms with Gasteiger partial charge in [0.25, 0.3) is 0 Å². The summed E-state index contributed by atoms with van der Waals surface area (Å²) >= 11 is 0. The van der Waals surface area contributed by atoms with E-state index < -0.39 is 10.8 Å². The molecule has 0 saturated carbocycles. The second-order valence-electron chi connectivity index (χ2n) is 4.93. The Morgan fingerprint density at radius 2 is 1.90 bits per heavy atom. The molecule has 0 aliphatic carbocycles. The third-order valence-corrected chi connectivity index (χ3v) is 4.90. The first kappa shape index (κ1) is 13.9. The fourth-order valence-corrected chi connectivity index (χ4v) is 3.47. The van der Waals surface area contributed by atoms with E-state index in [0.717, 1.165) is 21.7 Å². The maximum atomic E-state index is 12.5. The molecular weight excluding hydrogens is 286 g/mol. The van der Waals surface area contributed by atoms with Crippen LogP contribution in [0.3, 0.4) is 0 Å². The molecule has 0 bridgehead atoms. The van der Waals surface area contributed by atoms with E-state index in [1.165, 1.54) is 0 Å². The molecule has 2 aromatic rings. The number of hydrogen-bond donors (Lipinski definition) is 1. The highest BCUT2D eigenvalue weighted by molar-refractivity contribution is 7.84. The van der Waals surface area contributed by atoms with Gasteiger partial charge in [-0.05, 0) is 36.2 Å². The first-order chi connectivity index (χ1) is 10.1. The number of hydrogen-bond acceptors (Lipinski definition) is 4. The van der Waals surface area contributed by atoms with Crippen LogP contribution in [0.5, 0.6) is 11.5 Å². The maximum Gasteiger partial charge on any atom is 0.162 e. The summed E-state index contributed by atoms with van der Waals surface area (Å²) in [6.07, 6.45) is 0. The van der Waals surface area contributed by atoms with Crippen molar-refractivity contribution in [2.75, 3.05) is 18.9 Å². The quantitative estimate of drug-likeness (QED) is 0.886. The predicted octanol–water partition coefficient (Wildman–Crippen LogP) is 2.66. The van der Waals surface area contributed by atoms with Crippen LogP contribution in [0.1, 0.15) is 11.1 Å². The van der Waals surface area contributed by atoms with Crippen LogP contribution in [-0.4, -0.2) is 17.4 Å². The number of nitrogens with two attached hydrogens (primary N) is 1. The maximum absolute atomic E-state index is 12.5. The third kappa shape index (κ3) is 2.88. The molecule has 4 nitrogen and oxygen atoms in total. The molecule has 0 amide bonds. The van der Waals surface area contributed by atoms with Crippen LogP contribution in [-0.2, 0) is 16.6 Å². The van der Waals surface area contributed by atoms with E-state index >= 15 is 0 Å². The molecule has 2 N–H and O–H groups in total. The van der Waals surface area contributed by atoms with E-state index in [1.807, 2.05) is 37.3 Å². The SMILES string of the molecule is Cc1c(N)cccc1CS(=O)c1ccc2c(c1)OCCO2. The summed E-state index contributed by atoms with van der Waals surface area (Å²) in [7, 11) is -1.14. The summed E-state index contributed by atoms with van der Waals surface area (Å²) in [4.78, 5) is 0.737. The summed E-state index contributed by atoms with van der Waals surface area (Å²) in [5.74, 6) is 1.81. The Hall–Kier alpha value is -2.01. The Kier molecular flexibility index (Phi) is 3.84. The Bertz CT molecular complexity index is 700. The van der Waals surface area contributed by atoms with Gasteiger partial charge in [0.05, 0.1) is 16.6 Å². The Labute approximate surface area is 126 Å². The van der Waals surface area contributed by atoms with Gasteiger partial charge in [0, 0.05) is 16.6 Å². The normalized spacial score (nSPS) is 14.7. The van der Waals surface area contributed by atoms with Gasteiger partial charge in [0.15, 0.2) is 11.5 Å². The highest BCUT2D eigenvalue weighted by Crippen LogP contribution is 2.32. The molecule has 0 saturated heterocycles. The molecule has 2 aromatic carbocycles. The van der Waals surface area contributed by atoms with Crippen LogP contribution >= 0.6 is 0 Å². The van der Waals surface area contributed by atoms with E-state index in [9.17, 15) is 4.21 Å². The largest absolute Gasteiger partial charge is 0.486 e. The van der Waals surface area contributed by atoms with Gasteiger partial charge in [-0.25, -0.2) is 0 Å².